The van der Waals surface area contributed by atoms with Crippen molar-refractivity contribution in [3.8, 4) is 0 Å². The maximum absolute atomic E-state index is 11.0. The van der Waals surface area contributed by atoms with Crippen molar-refractivity contribution in [3.63, 3.8) is 0 Å². The molecule has 6 heteroatoms. The zero-order chi connectivity index (χ0) is 11.1. The number of nitrogens with one attached hydrogen (secondary N) is 2. The number of halogens is 1. The second kappa shape index (κ2) is 6.66. The molecule has 0 spiro atoms. The number of rotatable bonds is 5. The van der Waals surface area contributed by atoms with Crippen LogP contribution in [0.25, 0.3) is 0 Å². The van der Waals surface area contributed by atoms with Crippen LogP contribution in [0.3, 0.4) is 0 Å². The Kier molecular flexibility index (Phi) is 5.45. The summed E-state index contributed by atoms with van der Waals surface area (Å²) in [6.07, 6.45) is 0.768. The van der Waals surface area contributed by atoms with E-state index >= 15 is 0 Å². The van der Waals surface area contributed by atoms with Gasteiger partial charge < -0.3 is 15.7 Å². The summed E-state index contributed by atoms with van der Waals surface area (Å²) < 4.78 is 0.759. The largest absolute Gasteiger partial charge is 0.395 e. The lowest BCUT2D eigenvalue weighted by atomic mass is 10.3. The van der Waals surface area contributed by atoms with E-state index in [-0.39, 0.29) is 19.2 Å². The van der Waals surface area contributed by atoms with Crippen LogP contribution in [0.2, 0.25) is 4.34 Å². The lowest BCUT2D eigenvalue weighted by Gasteiger charge is -2.04. The van der Waals surface area contributed by atoms with Crippen LogP contribution in [0.1, 0.15) is 4.88 Å². The average Bonchev–Trinajstić information content (AvgIpc) is 2.61. The number of aliphatic hydroxyl groups excluding tert-OH is 1. The van der Waals surface area contributed by atoms with Crippen LogP contribution in [0.15, 0.2) is 12.1 Å². The second-order valence-electron chi connectivity index (χ2n) is 2.86. The zero-order valence-corrected chi connectivity index (χ0v) is 9.70. The van der Waals surface area contributed by atoms with E-state index in [1.807, 2.05) is 12.1 Å². The van der Waals surface area contributed by atoms with Crippen molar-refractivity contribution >= 4 is 29.0 Å². The highest BCUT2D eigenvalue weighted by molar-refractivity contribution is 7.16. The fourth-order valence-corrected chi connectivity index (χ4v) is 2.10. The van der Waals surface area contributed by atoms with Crippen molar-refractivity contribution in [1.82, 2.24) is 10.6 Å². The van der Waals surface area contributed by atoms with E-state index in [0.717, 1.165) is 15.6 Å². The zero-order valence-electron chi connectivity index (χ0n) is 8.12. The van der Waals surface area contributed by atoms with Crippen molar-refractivity contribution in [2.24, 2.45) is 0 Å². The molecule has 15 heavy (non-hydrogen) atoms. The van der Waals surface area contributed by atoms with Crippen LogP contribution >= 0.6 is 22.9 Å². The highest BCUT2D eigenvalue weighted by Gasteiger charge is 2.00. The van der Waals surface area contributed by atoms with Gasteiger partial charge in [-0.1, -0.05) is 11.6 Å². The smallest absolute Gasteiger partial charge is 0.314 e. The predicted octanol–water partition coefficient (Wildman–Crippen LogP) is 1.24. The van der Waals surface area contributed by atoms with E-state index in [0.29, 0.717) is 6.54 Å². The van der Waals surface area contributed by atoms with E-state index in [4.69, 9.17) is 16.7 Å². The fraction of sp³-hybridized carbons (Fsp3) is 0.444. The molecular formula is C9H13ClN2O2S. The molecule has 84 valence electrons. The molecule has 2 amide bonds. The van der Waals surface area contributed by atoms with Gasteiger partial charge in [-0.15, -0.1) is 11.3 Å². The highest BCUT2D eigenvalue weighted by Crippen LogP contribution is 2.21. The molecule has 0 fully saturated rings. The van der Waals surface area contributed by atoms with Crippen molar-refractivity contribution in [1.29, 1.82) is 0 Å². The number of hydrogen-bond acceptors (Lipinski definition) is 3. The molecule has 1 heterocycles. The molecule has 1 rings (SSSR count). The van der Waals surface area contributed by atoms with Gasteiger partial charge in [-0.2, -0.15) is 0 Å². The standard InChI is InChI=1S/C9H13ClN2O2S/c10-8-2-1-7(15-8)3-4-11-9(14)12-5-6-13/h1-2,13H,3-6H2,(H2,11,12,14). The summed E-state index contributed by atoms with van der Waals surface area (Å²) in [4.78, 5) is 12.2. The summed E-state index contributed by atoms with van der Waals surface area (Å²) in [6.45, 7) is 0.790. The number of hydrogen-bond donors (Lipinski definition) is 3. The van der Waals surface area contributed by atoms with Crippen molar-refractivity contribution in [2.45, 2.75) is 6.42 Å². The minimum absolute atomic E-state index is 0.0477. The maximum Gasteiger partial charge on any atom is 0.314 e. The van der Waals surface area contributed by atoms with Crippen LogP contribution in [0.4, 0.5) is 4.79 Å². The number of thiophene rings is 1. The number of amides is 2. The van der Waals surface area contributed by atoms with Crippen LogP contribution in [0, 0.1) is 0 Å². The summed E-state index contributed by atoms with van der Waals surface area (Å²) in [5, 5.41) is 13.6. The van der Waals surface area contributed by atoms with E-state index in [1.54, 1.807) is 0 Å². The van der Waals surface area contributed by atoms with Gasteiger partial charge >= 0.3 is 6.03 Å². The Bertz CT molecular complexity index is 317. The van der Waals surface area contributed by atoms with E-state index < -0.39 is 0 Å². The predicted molar refractivity (Wildman–Crippen MR) is 61.5 cm³/mol. The number of aliphatic hydroxyl groups is 1. The fourth-order valence-electron chi connectivity index (χ4n) is 1.02. The minimum Gasteiger partial charge on any atom is -0.395 e. The van der Waals surface area contributed by atoms with Gasteiger partial charge in [0.05, 0.1) is 10.9 Å². The highest BCUT2D eigenvalue weighted by atomic mass is 35.5. The van der Waals surface area contributed by atoms with Gasteiger partial charge in [-0.25, -0.2) is 4.79 Å². The molecule has 0 aliphatic heterocycles. The molecule has 0 unspecified atom stereocenters. The second-order valence-corrected chi connectivity index (χ2v) is 4.66. The van der Waals surface area contributed by atoms with Gasteiger partial charge in [0.25, 0.3) is 0 Å². The summed E-state index contributed by atoms with van der Waals surface area (Å²) >= 11 is 7.27. The quantitative estimate of drug-likeness (QED) is 0.734. The molecule has 1 aromatic rings. The van der Waals surface area contributed by atoms with Crippen LogP contribution in [-0.4, -0.2) is 30.8 Å². The van der Waals surface area contributed by atoms with Crippen molar-refractivity contribution < 1.29 is 9.90 Å². The molecule has 4 nitrogen and oxygen atoms in total. The molecule has 0 bridgehead atoms. The Morgan fingerprint density at radius 1 is 1.40 bits per heavy atom. The summed E-state index contributed by atoms with van der Waals surface area (Å²) in [6, 6.07) is 3.53. The Balaban J connectivity index is 2.13. The molecule has 0 atom stereocenters. The Hall–Kier alpha value is -0.780. The third-order valence-corrected chi connectivity index (χ3v) is 2.97. The van der Waals surface area contributed by atoms with E-state index in [1.165, 1.54) is 11.3 Å². The van der Waals surface area contributed by atoms with Gasteiger partial charge in [0.15, 0.2) is 0 Å². The normalized spacial score (nSPS) is 10.0. The molecule has 0 aliphatic carbocycles. The van der Waals surface area contributed by atoms with Crippen LogP contribution in [0.5, 0.6) is 0 Å². The van der Waals surface area contributed by atoms with Gasteiger partial charge in [-0.3, -0.25) is 0 Å². The molecule has 0 saturated carbocycles. The Labute approximate surface area is 97.3 Å². The summed E-state index contributed by atoms with van der Waals surface area (Å²) in [5.74, 6) is 0. The third-order valence-electron chi connectivity index (χ3n) is 1.68. The number of urea groups is 1. The van der Waals surface area contributed by atoms with Crippen molar-refractivity contribution in [2.75, 3.05) is 19.7 Å². The number of carbonyl (C=O) groups excluding carboxylic acids is 1. The van der Waals surface area contributed by atoms with Crippen molar-refractivity contribution in [3.05, 3.63) is 21.3 Å². The SMILES string of the molecule is O=C(NCCO)NCCc1ccc(Cl)s1. The first-order chi connectivity index (χ1) is 7.22. The summed E-state index contributed by atoms with van der Waals surface area (Å²) in [5.41, 5.74) is 0. The van der Waals surface area contributed by atoms with E-state index in [2.05, 4.69) is 10.6 Å². The van der Waals surface area contributed by atoms with Crippen LogP contribution in [-0.2, 0) is 6.42 Å². The monoisotopic (exact) mass is 248 g/mol. The van der Waals surface area contributed by atoms with Gasteiger partial charge in [0.1, 0.15) is 0 Å². The molecule has 1 aromatic heterocycles. The molecule has 0 saturated heterocycles. The third kappa shape index (κ3) is 5.01. The van der Waals surface area contributed by atoms with Gasteiger partial charge in [-0.05, 0) is 18.6 Å². The first-order valence-electron chi connectivity index (χ1n) is 4.59. The average molecular weight is 249 g/mol. The lowest BCUT2D eigenvalue weighted by Crippen LogP contribution is -2.37. The first-order valence-corrected chi connectivity index (χ1v) is 5.78. The Morgan fingerprint density at radius 3 is 2.73 bits per heavy atom. The molecule has 3 N–H and O–H groups in total. The van der Waals surface area contributed by atoms with E-state index in [9.17, 15) is 4.79 Å². The number of carbonyl (C=O) groups is 1. The molecule has 0 aliphatic rings. The molecule has 0 aromatic carbocycles. The minimum atomic E-state index is -0.258. The molecular weight excluding hydrogens is 236 g/mol. The lowest BCUT2D eigenvalue weighted by molar-refractivity contribution is 0.234. The van der Waals surface area contributed by atoms with Gasteiger partial charge in [0.2, 0.25) is 0 Å². The molecule has 0 radical (unpaired) electrons. The maximum atomic E-state index is 11.0. The Morgan fingerprint density at radius 2 is 2.13 bits per heavy atom. The van der Waals surface area contributed by atoms with Crippen LogP contribution < -0.4 is 10.6 Å². The first kappa shape index (κ1) is 12.3. The summed E-state index contributed by atoms with van der Waals surface area (Å²) in [7, 11) is 0. The van der Waals surface area contributed by atoms with Gasteiger partial charge in [0, 0.05) is 18.0 Å². The topological polar surface area (TPSA) is 61.4 Å².